The number of sulfonamides is 1. The second kappa shape index (κ2) is 5.38. The van der Waals surface area contributed by atoms with Gasteiger partial charge in [-0.05, 0) is 19.5 Å². The Kier molecular flexibility index (Phi) is 4.04. The molecule has 0 aromatic heterocycles. The van der Waals surface area contributed by atoms with Crippen LogP contribution in [0.2, 0.25) is 0 Å². The molecule has 100 valence electrons. The van der Waals surface area contributed by atoms with Crippen molar-refractivity contribution in [1.29, 1.82) is 0 Å². The summed E-state index contributed by atoms with van der Waals surface area (Å²) in [6.45, 7) is 3.62. The molecular formula is C13H20N2O2S. The average molecular weight is 268 g/mol. The van der Waals surface area contributed by atoms with Crippen LogP contribution in [0, 0.1) is 0 Å². The van der Waals surface area contributed by atoms with Crippen molar-refractivity contribution in [3.8, 4) is 0 Å². The first-order chi connectivity index (χ1) is 8.54. The maximum Gasteiger partial charge on any atom is 0.213 e. The van der Waals surface area contributed by atoms with E-state index in [4.69, 9.17) is 0 Å². The van der Waals surface area contributed by atoms with E-state index in [1.54, 1.807) is 11.2 Å². The van der Waals surface area contributed by atoms with Crippen LogP contribution in [0.4, 0.5) is 0 Å². The highest BCUT2D eigenvalue weighted by atomic mass is 32.2. The lowest BCUT2D eigenvalue weighted by atomic mass is 10.0. The zero-order valence-corrected chi connectivity index (χ0v) is 11.7. The standard InChI is InChI=1S/C13H20N2O2S/c1-3-18(16,17)15-10-9-14(2)13(11-15)12-7-5-4-6-8-12/h4-8,13H,3,9-11H2,1-2H3. The molecule has 0 aliphatic carbocycles. The Hall–Kier alpha value is -0.910. The summed E-state index contributed by atoms with van der Waals surface area (Å²) in [4.78, 5) is 2.22. The molecule has 1 saturated heterocycles. The van der Waals surface area contributed by atoms with E-state index in [1.807, 2.05) is 25.2 Å². The first kappa shape index (κ1) is 13.5. The Balaban J connectivity index is 2.21. The second-order valence-electron chi connectivity index (χ2n) is 4.67. The van der Waals surface area contributed by atoms with Gasteiger partial charge in [0.2, 0.25) is 10.0 Å². The number of hydrogen-bond donors (Lipinski definition) is 0. The van der Waals surface area contributed by atoms with E-state index < -0.39 is 10.0 Å². The van der Waals surface area contributed by atoms with Crippen molar-refractivity contribution in [2.24, 2.45) is 0 Å². The molecular weight excluding hydrogens is 248 g/mol. The lowest BCUT2D eigenvalue weighted by molar-refractivity contribution is 0.148. The number of likely N-dealkylation sites (N-methyl/N-ethyl adjacent to an activating group) is 1. The predicted molar refractivity (Wildman–Crippen MR) is 72.8 cm³/mol. The molecule has 1 aliphatic rings. The van der Waals surface area contributed by atoms with Crippen LogP contribution in [0.5, 0.6) is 0 Å². The number of hydrogen-bond acceptors (Lipinski definition) is 3. The second-order valence-corrected chi connectivity index (χ2v) is 6.92. The topological polar surface area (TPSA) is 40.6 Å². The van der Waals surface area contributed by atoms with Crippen molar-refractivity contribution in [3.05, 3.63) is 35.9 Å². The van der Waals surface area contributed by atoms with Gasteiger partial charge in [0.15, 0.2) is 0 Å². The van der Waals surface area contributed by atoms with Gasteiger partial charge in [0.1, 0.15) is 0 Å². The predicted octanol–water partition coefficient (Wildman–Crippen LogP) is 1.32. The number of benzene rings is 1. The molecule has 1 aliphatic heterocycles. The Morgan fingerprint density at radius 2 is 1.89 bits per heavy atom. The minimum Gasteiger partial charge on any atom is -0.297 e. The Bertz CT molecular complexity index is 487. The minimum atomic E-state index is -3.08. The summed E-state index contributed by atoms with van der Waals surface area (Å²) in [5, 5.41) is 0. The average Bonchev–Trinajstić information content (AvgIpc) is 2.40. The van der Waals surface area contributed by atoms with Gasteiger partial charge in [-0.2, -0.15) is 4.31 Å². The van der Waals surface area contributed by atoms with Crippen molar-refractivity contribution in [1.82, 2.24) is 9.21 Å². The zero-order valence-electron chi connectivity index (χ0n) is 10.9. The summed E-state index contributed by atoms with van der Waals surface area (Å²) in [6.07, 6.45) is 0. The largest absolute Gasteiger partial charge is 0.297 e. The van der Waals surface area contributed by atoms with Gasteiger partial charge in [0, 0.05) is 25.7 Å². The molecule has 1 atom stereocenters. The van der Waals surface area contributed by atoms with Gasteiger partial charge in [-0.1, -0.05) is 30.3 Å². The molecule has 0 radical (unpaired) electrons. The fourth-order valence-electron chi connectivity index (χ4n) is 2.32. The van der Waals surface area contributed by atoms with E-state index in [0.29, 0.717) is 13.1 Å². The smallest absolute Gasteiger partial charge is 0.213 e. The normalized spacial score (nSPS) is 23.1. The minimum absolute atomic E-state index is 0.154. The van der Waals surface area contributed by atoms with Crippen LogP contribution in [0.1, 0.15) is 18.5 Å². The van der Waals surface area contributed by atoms with Gasteiger partial charge in [0.05, 0.1) is 5.75 Å². The lowest BCUT2D eigenvalue weighted by Gasteiger charge is -2.38. The third-order valence-corrected chi connectivity index (χ3v) is 5.40. The summed E-state index contributed by atoms with van der Waals surface area (Å²) >= 11 is 0. The quantitative estimate of drug-likeness (QED) is 0.830. The van der Waals surface area contributed by atoms with Gasteiger partial charge in [0.25, 0.3) is 0 Å². The molecule has 1 aromatic carbocycles. The molecule has 1 fully saturated rings. The molecule has 18 heavy (non-hydrogen) atoms. The molecule has 1 heterocycles. The van der Waals surface area contributed by atoms with E-state index in [0.717, 1.165) is 6.54 Å². The fourth-order valence-corrected chi connectivity index (χ4v) is 3.41. The van der Waals surface area contributed by atoms with E-state index in [1.165, 1.54) is 5.56 Å². The van der Waals surface area contributed by atoms with E-state index >= 15 is 0 Å². The highest BCUT2D eigenvalue weighted by Crippen LogP contribution is 2.25. The van der Waals surface area contributed by atoms with Crippen LogP contribution < -0.4 is 0 Å². The summed E-state index contributed by atoms with van der Waals surface area (Å²) in [7, 11) is -1.03. The van der Waals surface area contributed by atoms with E-state index in [9.17, 15) is 8.42 Å². The molecule has 0 spiro atoms. The molecule has 0 saturated carbocycles. The molecule has 0 amide bonds. The van der Waals surface area contributed by atoms with Crippen LogP contribution in [-0.2, 0) is 10.0 Å². The van der Waals surface area contributed by atoms with Crippen LogP contribution in [0.25, 0.3) is 0 Å². The van der Waals surface area contributed by atoms with Crippen LogP contribution in [0.15, 0.2) is 30.3 Å². The highest BCUT2D eigenvalue weighted by molar-refractivity contribution is 7.89. The van der Waals surface area contributed by atoms with Crippen molar-refractivity contribution in [3.63, 3.8) is 0 Å². The third kappa shape index (κ3) is 2.74. The molecule has 2 rings (SSSR count). The summed E-state index contributed by atoms with van der Waals surface area (Å²) in [6, 6.07) is 10.2. The van der Waals surface area contributed by atoms with Crippen molar-refractivity contribution in [2.45, 2.75) is 13.0 Å². The van der Waals surface area contributed by atoms with Crippen LogP contribution in [0.3, 0.4) is 0 Å². The Labute approximate surface area is 109 Å². The van der Waals surface area contributed by atoms with Gasteiger partial charge in [-0.3, -0.25) is 4.90 Å². The van der Waals surface area contributed by atoms with E-state index in [-0.39, 0.29) is 11.8 Å². The number of rotatable bonds is 3. The van der Waals surface area contributed by atoms with Crippen LogP contribution in [-0.4, -0.2) is 50.1 Å². The summed E-state index contributed by atoms with van der Waals surface area (Å²) in [5.41, 5.74) is 1.18. The molecule has 5 heteroatoms. The van der Waals surface area contributed by atoms with Gasteiger partial charge in [-0.25, -0.2) is 8.42 Å². The van der Waals surface area contributed by atoms with Crippen molar-refractivity contribution < 1.29 is 8.42 Å². The molecule has 4 nitrogen and oxygen atoms in total. The maximum atomic E-state index is 11.9. The monoisotopic (exact) mass is 268 g/mol. The van der Waals surface area contributed by atoms with E-state index in [2.05, 4.69) is 17.0 Å². The number of nitrogens with zero attached hydrogens (tertiary/aromatic N) is 2. The summed E-state index contributed by atoms with van der Waals surface area (Å²) < 4.78 is 25.5. The zero-order chi connectivity index (χ0) is 13.2. The van der Waals surface area contributed by atoms with Crippen molar-refractivity contribution in [2.75, 3.05) is 32.4 Å². The fraction of sp³-hybridized carbons (Fsp3) is 0.538. The number of piperazine rings is 1. The SMILES string of the molecule is CCS(=O)(=O)N1CCN(C)C(c2ccccc2)C1. The molecule has 0 bridgehead atoms. The molecule has 0 N–H and O–H groups in total. The molecule has 1 unspecified atom stereocenters. The maximum absolute atomic E-state index is 11.9. The van der Waals surface area contributed by atoms with Crippen molar-refractivity contribution >= 4 is 10.0 Å². The Morgan fingerprint density at radius 3 is 2.50 bits per heavy atom. The van der Waals surface area contributed by atoms with Gasteiger partial charge < -0.3 is 0 Å². The van der Waals surface area contributed by atoms with Crippen LogP contribution >= 0.6 is 0 Å². The third-order valence-electron chi connectivity index (χ3n) is 3.55. The highest BCUT2D eigenvalue weighted by Gasteiger charge is 2.31. The molecule has 1 aromatic rings. The van der Waals surface area contributed by atoms with Gasteiger partial charge >= 0.3 is 0 Å². The van der Waals surface area contributed by atoms with Gasteiger partial charge in [-0.15, -0.1) is 0 Å². The first-order valence-corrected chi connectivity index (χ1v) is 7.88. The first-order valence-electron chi connectivity index (χ1n) is 6.27. The summed E-state index contributed by atoms with van der Waals surface area (Å²) in [5.74, 6) is 0.179. The lowest BCUT2D eigenvalue weighted by Crippen LogP contribution is -2.49. The Morgan fingerprint density at radius 1 is 1.22 bits per heavy atom.